The van der Waals surface area contributed by atoms with Crippen LogP contribution in [0.1, 0.15) is 31.7 Å². The van der Waals surface area contributed by atoms with Crippen LogP contribution in [0.3, 0.4) is 0 Å². The molecule has 0 fully saturated rings. The smallest absolute Gasteiger partial charge is 0.228 e. The molecule has 0 aliphatic carbocycles. The molecule has 0 bridgehead atoms. The normalized spacial score (nSPS) is 17.2. The molecule has 1 heterocycles. The van der Waals surface area contributed by atoms with E-state index < -0.39 is 0 Å². The van der Waals surface area contributed by atoms with E-state index in [9.17, 15) is 4.79 Å². The second-order valence-electron chi connectivity index (χ2n) is 4.81. The maximum absolute atomic E-state index is 12.2. The van der Waals surface area contributed by atoms with Gasteiger partial charge in [-0.25, -0.2) is 0 Å². The van der Waals surface area contributed by atoms with E-state index >= 15 is 0 Å². The fourth-order valence-corrected chi connectivity index (χ4v) is 2.34. The number of amides is 1. The van der Waals surface area contributed by atoms with Crippen molar-refractivity contribution < 1.29 is 4.79 Å². The Kier molecular flexibility index (Phi) is 3.79. The highest BCUT2D eigenvalue weighted by molar-refractivity contribution is 5.94. The van der Waals surface area contributed by atoms with Crippen LogP contribution in [0.4, 0.5) is 5.69 Å². The molecule has 0 aromatic heterocycles. The predicted molar refractivity (Wildman–Crippen MR) is 70.0 cm³/mol. The minimum Gasteiger partial charge on any atom is -0.327 e. The Morgan fingerprint density at radius 1 is 1.41 bits per heavy atom. The van der Waals surface area contributed by atoms with Gasteiger partial charge in [0, 0.05) is 24.7 Å². The van der Waals surface area contributed by atoms with Crippen LogP contribution in [0.5, 0.6) is 0 Å². The van der Waals surface area contributed by atoms with Gasteiger partial charge in [-0.05, 0) is 37.8 Å². The standard InChI is InChI=1S/C14H20N2O/c1-11(15)10-14(17)16-9-5-4-7-12-6-2-3-8-13(12)16/h2-3,6,8,11H,4-5,7,9-10,15H2,1H3. The average Bonchev–Trinajstić information content (AvgIpc) is 2.50. The molecule has 2 N–H and O–H groups in total. The number of carbonyl (C=O) groups is 1. The quantitative estimate of drug-likeness (QED) is 0.848. The van der Waals surface area contributed by atoms with Crippen LogP contribution >= 0.6 is 0 Å². The van der Waals surface area contributed by atoms with Gasteiger partial charge in [0.15, 0.2) is 0 Å². The molecule has 1 amide bonds. The van der Waals surface area contributed by atoms with Crippen molar-refractivity contribution in [1.29, 1.82) is 0 Å². The monoisotopic (exact) mass is 232 g/mol. The molecule has 1 aromatic carbocycles. The van der Waals surface area contributed by atoms with Crippen molar-refractivity contribution in [3.05, 3.63) is 29.8 Å². The summed E-state index contributed by atoms with van der Waals surface area (Å²) in [5.74, 6) is 0.148. The number of carbonyl (C=O) groups excluding carboxylic acids is 1. The van der Waals surface area contributed by atoms with E-state index in [1.165, 1.54) is 5.56 Å². The second kappa shape index (κ2) is 5.32. The molecule has 3 nitrogen and oxygen atoms in total. The Labute approximate surface area is 103 Å². The van der Waals surface area contributed by atoms with Gasteiger partial charge in [0.2, 0.25) is 5.91 Å². The topological polar surface area (TPSA) is 46.3 Å². The summed E-state index contributed by atoms with van der Waals surface area (Å²) >= 11 is 0. The highest BCUT2D eigenvalue weighted by Crippen LogP contribution is 2.26. The maximum atomic E-state index is 12.2. The van der Waals surface area contributed by atoms with Crippen molar-refractivity contribution in [2.24, 2.45) is 5.73 Å². The summed E-state index contributed by atoms with van der Waals surface area (Å²) in [6, 6.07) is 8.12. The highest BCUT2D eigenvalue weighted by Gasteiger charge is 2.21. The van der Waals surface area contributed by atoms with Gasteiger partial charge in [0.05, 0.1) is 0 Å². The number of benzene rings is 1. The van der Waals surface area contributed by atoms with E-state index in [2.05, 4.69) is 6.07 Å². The summed E-state index contributed by atoms with van der Waals surface area (Å²) in [4.78, 5) is 14.1. The zero-order valence-electron chi connectivity index (χ0n) is 10.4. The number of fused-ring (bicyclic) bond motifs is 1. The molecule has 2 rings (SSSR count). The minimum atomic E-state index is -0.0714. The van der Waals surface area contributed by atoms with Crippen LogP contribution < -0.4 is 10.6 Å². The van der Waals surface area contributed by atoms with Gasteiger partial charge in [0.1, 0.15) is 0 Å². The Balaban J connectivity index is 2.25. The Morgan fingerprint density at radius 2 is 2.18 bits per heavy atom. The molecule has 1 unspecified atom stereocenters. The first-order chi connectivity index (χ1) is 8.18. The predicted octanol–water partition coefficient (Wildman–Crippen LogP) is 2.09. The van der Waals surface area contributed by atoms with Crippen molar-refractivity contribution in [2.45, 2.75) is 38.6 Å². The molecular weight excluding hydrogens is 212 g/mol. The van der Waals surface area contributed by atoms with Crippen molar-refractivity contribution >= 4 is 11.6 Å². The van der Waals surface area contributed by atoms with E-state index in [4.69, 9.17) is 5.73 Å². The van der Waals surface area contributed by atoms with Crippen molar-refractivity contribution in [2.75, 3.05) is 11.4 Å². The first-order valence-electron chi connectivity index (χ1n) is 6.32. The van der Waals surface area contributed by atoms with Crippen LogP contribution in [-0.4, -0.2) is 18.5 Å². The molecule has 0 spiro atoms. The number of rotatable bonds is 2. The Morgan fingerprint density at radius 3 is 2.94 bits per heavy atom. The van der Waals surface area contributed by atoms with Gasteiger partial charge in [-0.3, -0.25) is 4.79 Å². The molecule has 0 saturated heterocycles. The van der Waals surface area contributed by atoms with Crippen molar-refractivity contribution in [3.63, 3.8) is 0 Å². The van der Waals surface area contributed by atoms with Gasteiger partial charge in [-0.2, -0.15) is 0 Å². The Hall–Kier alpha value is -1.35. The number of nitrogens with two attached hydrogens (primary N) is 1. The van der Waals surface area contributed by atoms with Crippen molar-refractivity contribution in [1.82, 2.24) is 0 Å². The summed E-state index contributed by atoms with van der Waals surface area (Å²) in [6.45, 7) is 2.70. The molecule has 3 heteroatoms. The number of aryl methyl sites for hydroxylation is 1. The Bertz CT molecular complexity index is 401. The maximum Gasteiger partial charge on any atom is 0.228 e. The number of anilines is 1. The first-order valence-corrected chi connectivity index (χ1v) is 6.32. The summed E-state index contributed by atoms with van der Waals surface area (Å²) in [5, 5.41) is 0. The second-order valence-corrected chi connectivity index (χ2v) is 4.81. The lowest BCUT2D eigenvalue weighted by Crippen LogP contribution is -2.35. The molecular formula is C14H20N2O. The van der Waals surface area contributed by atoms with Gasteiger partial charge in [-0.1, -0.05) is 18.2 Å². The third-order valence-corrected chi connectivity index (χ3v) is 3.16. The molecule has 1 aliphatic rings. The molecule has 92 valence electrons. The third-order valence-electron chi connectivity index (χ3n) is 3.16. The van der Waals surface area contributed by atoms with Gasteiger partial charge in [0.25, 0.3) is 0 Å². The molecule has 0 saturated carbocycles. The molecule has 1 aromatic rings. The molecule has 1 aliphatic heterocycles. The zero-order chi connectivity index (χ0) is 12.3. The van der Waals surface area contributed by atoms with Gasteiger partial charge >= 0.3 is 0 Å². The van der Waals surface area contributed by atoms with E-state index in [0.717, 1.165) is 31.5 Å². The van der Waals surface area contributed by atoms with Gasteiger partial charge in [-0.15, -0.1) is 0 Å². The van der Waals surface area contributed by atoms with Crippen LogP contribution in [0, 0.1) is 0 Å². The number of hydrogen-bond donors (Lipinski definition) is 1. The van der Waals surface area contributed by atoms with E-state index in [0.29, 0.717) is 6.42 Å². The average molecular weight is 232 g/mol. The SMILES string of the molecule is CC(N)CC(=O)N1CCCCc2ccccc21. The molecule has 0 radical (unpaired) electrons. The lowest BCUT2D eigenvalue weighted by Gasteiger charge is -2.23. The third kappa shape index (κ3) is 2.86. The van der Waals surface area contributed by atoms with Crippen LogP contribution in [0.25, 0.3) is 0 Å². The van der Waals surface area contributed by atoms with Crippen LogP contribution in [0.2, 0.25) is 0 Å². The molecule has 17 heavy (non-hydrogen) atoms. The largest absolute Gasteiger partial charge is 0.327 e. The summed E-state index contributed by atoms with van der Waals surface area (Å²) in [6.07, 6.45) is 3.71. The first kappa shape index (κ1) is 12.1. The van der Waals surface area contributed by atoms with Gasteiger partial charge < -0.3 is 10.6 Å². The minimum absolute atomic E-state index is 0.0714. The van der Waals surface area contributed by atoms with E-state index in [1.807, 2.05) is 30.0 Å². The summed E-state index contributed by atoms with van der Waals surface area (Å²) < 4.78 is 0. The van der Waals surface area contributed by atoms with Crippen molar-refractivity contribution in [3.8, 4) is 0 Å². The van der Waals surface area contributed by atoms with Crippen LogP contribution in [-0.2, 0) is 11.2 Å². The summed E-state index contributed by atoms with van der Waals surface area (Å²) in [5.41, 5.74) is 8.07. The lowest BCUT2D eigenvalue weighted by molar-refractivity contribution is -0.118. The van der Waals surface area contributed by atoms with E-state index in [-0.39, 0.29) is 11.9 Å². The number of hydrogen-bond acceptors (Lipinski definition) is 2. The molecule has 1 atom stereocenters. The number of nitrogens with zero attached hydrogens (tertiary/aromatic N) is 1. The zero-order valence-corrected chi connectivity index (χ0v) is 10.4. The summed E-state index contributed by atoms with van der Waals surface area (Å²) in [7, 11) is 0. The fraction of sp³-hybridized carbons (Fsp3) is 0.500. The highest BCUT2D eigenvalue weighted by atomic mass is 16.2. The number of para-hydroxylation sites is 1. The van der Waals surface area contributed by atoms with Crippen LogP contribution in [0.15, 0.2) is 24.3 Å². The fourth-order valence-electron chi connectivity index (χ4n) is 2.34. The lowest BCUT2D eigenvalue weighted by atomic mass is 10.1. The van der Waals surface area contributed by atoms with E-state index in [1.54, 1.807) is 0 Å².